The molecular formula is C25H29FN2O3. The SMILES string of the molecule is CCCCCn1c(F)c(CCC)n(Cc2ccc(-c3ccccc3C(=O)O)cc2)c1=O. The molecule has 0 aliphatic carbocycles. The van der Waals surface area contributed by atoms with Crippen molar-refractivity contribution in [3.05, 3.63) is 81.8 Å². The number of carboxylic acid groups (broad SMARTS) is 1. The fraction of sp³-hybridized carbons (Fsp3) is 0.360. The molecule has 1 heterocycles. The minimum atomic E-state index is -0.977. The van der Waals surface area contributed by atoms with Crippen LogP contribution < -0.4 is 5.69 Å². The first-order valence-electron chi connectivity index (χ1n) is 10.9. The first-order chi connectivity index (χ1) is 15.0. The maximum Gasteiger partial charge on any atom is 0.336 e. The van der Waals surface area contributed by atoms with Gasteiger partial charge in [0.1, 0.15) is 0 Å². The molecule has 6 heteroatoms. The van der Waals surface area contributed by atoms with Crippen LogP contribution in [0.4, 0.5) is 4.39 Å². The largest absolute Gasteiger partial charge is 0.478 e. The number of benzene rings is 2. The molecule has 0 fully saturated rings. The van der Waals surface area contributed by atoms with E-state index < -0.39 is 11.9 Å². The van der Waals surface area contributed by atoms with E-state index >= 15 is 0 Å². The average Bonchev–Trinajstić information content (AvgIpc) is 2.99. The van der Waals surface area contributed by atoms with Crippen LogP contribution in [-0.2, 0) is 19.5 Å². The number of halogens is 1. The fourth-order valence-corrected chi connectivity index (χ4v) is 3.86. The van der Waals surface area contributed by atoms with Gasteiger partial charge >= 0.3 is 11.7 Å². The Hall–Kier alpha value is -3.15. The molecule has 0 unspecified atom stereocenters. The summed E-state index contributed by atoms with van der Waals surface area (Å²) in [6.07, 6.45) is 4.00. The number of nitrogens with zero attached hydrogens (tertiary/aromatic N) is 2. The molecule has 0 amide bonds. The smallest absolute Gasteiger partial charge is 0.336 e. The number of imidazole rings is 1. The predicted molar refractivity (Wildman–Crippen MR) is 120 cm³/mol. The Morgan fingerprint density at radius 1 is 0.968 bits per heavy atom. The van der Waals surface area contributed by atoms with E-state index in [1.165, 1.54) is 9.13 Å². The maximum absolute atomic E-state index is 15.0. The number of carbonyl (C=O) groups is 1. The van der Waals surface area contributed by atoms with Crippen molar-refractivity contribution in [2.24, 2.45) is 0 Å². The molecule has 31 heavy (non-hydrogen) atoms. The third kappa shape index (κ3) is 4.95. The van der Waals surface area contributed by atoms with E-state index in [-0.39, 0.29) is 17.8 Å². The highest BCUT2D eigenvalue weighted by atomic mass is 19.1. The lowest BCUT2D eigenvalue weighted by atomic mass is 9.99. The summed E-state index contributed by atoms with van der Waals surface area (Å²) in [5.74, 6) is -1.40. The van der Waals surface area contributed by atoms with Gasteiger partial charge in [0.2, 0.25) is 5.95 Å². The summed E-state index contributed by atoms with van der Waals surface area (Å²) in [5, 5.41) is 9.42. The summed E-state index contributed by atoms with van der Waals surface area (Å²) >= 11 is 0. The third-order valence-electron chi connectivity index (χ3n) is 5.50. The molecule has 0 radical (unpaired) electrons. The van der Waals surface area contributed by atoms with Crippen molar-refractivity contribution in [3.8, 4) is 11.1 Å². The molecule has 0 saturated heterocycles. The molecule has 3 rings (SSSR count). The molecule has 1 N–H and O–H groups in total. The van der Waals surface area contributed by atoms with Crippen LogP contribution in [0.1, 0.15) is 61.1 Å². The van der Waals surface area contributed by atoms with Crippen LogP contribution in [0.2, 0.25) is 0 Å². The molecule has 0 bridgehead atoms. The molecule has 2 aromatic carbocycles. The van der Waals surface area contributed by atoms with Crippen molar-refractivity contribution in [3.63, 3.8) is 0 Å². The quantitative estimate of drug-likeness (QED) is 0.447. The zero-order chi connectivity index (χ0) is 22.4. The van der Waals surface area contributed by atoms with Gasteiger partial charge in [0.05, 0.1) is 17.8 Å². The molecule has 0 saturated carbocycles. The second kappa shape index (κ2) is 10.2. The van der Waals surface area contributed by atoms with Gasteiger partial charge in [-0.1, -0.05) is 75.6 Å². The van der Waals surface area contributed by atoms with Crippen LogP contribution in [0, 0.1) is 5.95 Å². The minimum absolute atomic E-state index is 0.239. The second-order valence-corrected chi connectivity index (χ2v) is 7.76. The lowest BCUT2D eigenvalue weighted by Gasteiger charge is -2.09. The first kappa shape index (κ1) is 22.5. The highest BCUT2D eigenvalue weighted by Crippen LogP contribution is 2.24. The lowest BCUT2D eigenvalue weighted by molar-refractivity contribution is 0.0697. The van der Waals surface area contributed by atoms with Crippen molar-refractivity contribution in [2.75, 3.05) is 0 Å². The van der Waals surface area contributed by atoms with E-state index in [2.05, 4.69) is 6.92 Å². The van der Waals surface area contributed by atoms with E-state index in [9.17, 15) is 19.1 Å². The van der Waals surface area contributed by atoms with Crippen LogP contribution >= 0.6 is 0 Å². The topological polar surface area (TPSA) is 64.2 Å². The summed E-state index contributed by atoms with van der Waals surface area (Å²) in [4.78, 5) is 24.4. The number of hydrogen-bond acceptors (Lipinski definition) is 2. The molecule has 3 aromatic rings. The van der Waals surface area contributed by atoms with Crippen molar-refractivity contribution in [1.82, 2.24) is 9.13 Å². The van der Waals surface area contributed by atoms with E-state index in [1.54, 1.807) is 24.3 Å². The Balaban J connectivity index is 1.90. The Bertz CT molecular complexity index is 1100. The number of aromatic nitrogens is 2. The van der Waals surface area contributed by atoms with Gasteiger partial charge in [-0.3, -0.25) is 9.13 Å². The van der Waals surface area contributed by atoms with Gasteiger partial charge in [0, 0.05) is 6.54 Å². The van der Waals surface area contributed by atoms with Crippen LogP contribution in [-0.4, -0.2) is 20.2 Å². The molecule has 1 aromatic heterocycles. The Morgan fingerprint density at radius 3 is 2.32 bits per heavy atom. The van der Waals surface area contributed by atoms with Crippen LogP contribution in [0.25, 0.3) is 11.1 Å². The highest BCUT2D eigenvalue weighted by Gasteiger charge is 2.19. The van der Waals surface area contributed by atoms with Gasteiger partial charge in [-0.25, -0.2) is 9.59 Å². The van der Waals surface area contributed by atoms with E-state index in [1.807, 2.05) is 31.2 Å². The number of hydrogen-bond donors (Lipinski definition) is 1. The van der Waals surface area contributed by atoms with Gasteiger partial charge in [0.15, 0.2) is 0 Å². The van der Waals surface area contributed by atoms with Crippen LogP contribution in [0.5, 0.6) is 0 Å². The predicted octanol–water partition coefficient (Wildman–Crippen LogP) is 5.35. The van der Waals surface area contributed by atoms with E-state index in [0.717, 1.165) is 36.8 Å². The zero-order valence-electron chi connectivity index (χ0n) is 18.1. The van der Waals surface area contributed by atoms with E-state index in [4.69, 9.17) is 0 Å². The van der Waals surface area contributed by atoms with Crippen molar-refractivity contribution < 1.29 is 14.3 Å². The van der Waals surface area contributed by atoms with E-state index in [0.29, 0.717) is 24.2 Å². The Morgan fingerprint density at radius 2 is 1.68 bits per heavy atom. The highest BCUT2D eigenvalue weighted by molar-refractivity contribution is 5.95. The minimum Gasteiger partial charge on any atom is -0.478 e. The molecule has 0 spiro atoms. The third-order valence-corrected chi connectivity index (χ3v) is 5.50. The summed E-state index contributed by atoms with van der Waals surface area (Å²) in [5.41, 5.74) is 2.66. The van der Waals surface area contributed by atoms with Crippen molar-refractivity contribution in [2.45, 2.75) is 59.0 Å². The lowest BCUT2D eigenvalue weighted by Crippen LogP contribution is -2.26. The number of carboxylic acids is 1. The Labute approximate surface area is 181 Å². The van der Waals surface area contributed by atoms with Crippen molar-refractivity contribution >= 4 is 5.97 Å². The summed E-state index contributed by atoms with van der Waals surface area (Å²) in [7, 11) is 0. The van der Waals surface area contributed by atoms with Gasteiger partial charge in [-0.05, 0) is 35.6 Å². The van der Waals surface area contributed by atoms with Crippen LogP contribution in [0.15, 0.2) is 53.3 Å². The monoisotopic (exact) mass is 424 g/mol. The maximum atomic E-state index is 15.0. The average molecular weight is 425 g/mol. The standard InChI is InChI=1S/C25H29FN2O3/c1-3-5-8-16-27-23(26)22(9-4-2)28(25(27)31)17-18-12-14-19(15-13-18)20-10-6-7-11-21(20)24(29)30/h6-7,10-15H,3-5,8-9,16-17H2,1-2H3,(H,29,30). The normalized spacial score (nSPS) is 11.1. The summed E-state index contributed by atoms with van der Waals surface area (Å²) in [6, 6.07) is 14.3. The second-order valence-electron chi connectivity index (χ2n) is 7.76. The molecule has 164 valence electrons. The zero-order valence-corrected chi connectivity index (χ0v) is 18.1. The molecule has 0 aliphatic rings. The summed E-state index contributed by atoms with van der Waals surface area (Å²) < 4.78 is 17.8. The molecular weight excluding hydrogens is 395 g/mol. The summed E-state index contributed by atoms with van der Waals surface area (Å²) in [6.45, 7) is 4.72. The van der Waals surface area contributed by atoms with Gasteiger partial charge < -0.3 is 5.11 Å². The number of unbranched alkanes of at least 4 members (excludes halogenated alkanes) is 2. The van der Waals surface area contributed by atoms with Crippen LogP contribution in [0.3, 0.4) is 0 Å². The van der Waals surface area contributed by atoms with Gasteiger partial charge in [-0.2, -0.15) is 4.39 Å². The molecule has 0 aliphatic heterocycles. The Kier molecular flexibility index (Phi) is 7.45. The van der Waals surface area contributed by atoms with Gasteiger partial charge in [0.25, 0.3) is 0 Å². The van der Waals surface area contributed by atoms with Gasteiger partial charge in [-0.15, -0.1) is 0 Å². The molecule has 0 atom stereocenters. The number of rotatable bonds is 10. The molecule has 5 nitrogen and oxygen atoms in total. The fourth-order valence-electron chi connectivity index (χ4n) is 3.86. The van der Waals surface area contributed by atoms with Crippen molar-refractivity contribution in [1.29, 1.82) is 0 Å². The first-order valence-corrected chi connectivity index (χ1v) is 10.9. The number of aromatic carboxylic acids is 1.